The van der Waals surface area contributed by atoms with Crippen LogP contribution in [0.15, 0.2) is 6.07 Å². The lowest BCUT2D eigenvalue weighted by atomic mass is 10.3. The molecule has 4 heteroatoms. The number of aldehydes is 1. The van der Waals surface area contributed by atoms with Gasteiger partial charge in [-0.2, -0.15) is 0 Å². The van der Waals surface area contributed by atoms with Crippen LogP contribution in [0.4, 0.5) is 0 Å². The van der Waals surface area contributed by atoms with Gasteiger partial charge in [0.1, 0.15) is 11.4 Å². The van der Waals surface area contributed by atoms with Gasteiger partial charge < -0.3 is 9.47 Å². The Morgan fingerprint density at radius 3 is 2.38 bits per heavy atom. The van der Waals surface area contributed by atoms with Crippen molar-refractivity contribution in [3.63, 3.8) is 0 Å². The van der Waals surface area contributed by atoms with Crippen LogP contribution in [0.2, 0.25) is 0 Å². The third kappa shape index (κ3) is 1.77. The SMILES string of the molecule is COc1cc(OC)c(C=O)nc1C. The van der Waals surface area contributed by atoms with E-state index in [0.717, 1.165) is 0 Å². The molecular weight excluding hydrogens is 170 g/mol. The molecule has 0 unspecified atom stereocenters. The smallest absolute Gasteiger partial charge is 0.172 e. The van der Waals surface area contributed by atoms with E-state index in [2.05, 4.69) is 4.98 Å². The number of hydrogen-bond acceptors (Lipinski definition) is 4. The van der Waals surface area contributed by atoms with Gasteiger partial charge in [-0.15, -0.1) is 0 Å². The predicted octanol–water partition coefficient (Wildman–Crippen LogP) is 1.22. The van der Waals surface area contributed by atoms with Crippen LogP contribution in [0.1, 0.15) is 16.2 Å². The highest BCUT2D eigenvalue weighted by atomic mass is 16.5. The van der Waals surface area contributed by atoms with Crippen molar-refractivity contribution in [2.75, 3.05) is 14.2 Å². The number of pyridine rings is 1. The summed E-state index contributed by atoms with van der Waals surface area (Å²) in [6.07, 6.45) is 0.658. The summed E-state index contributed by atoms with van der Waals surface area (Å²) >= 11 is 0. The zero-order chi connectivity index (χ0) is 9.84. The van der Waals surface area contributed by atoms with E-state index in [1.807, 2.05) is 0 Å². The van der Waals surface area contributed by atoms with Crippen LogP contribution in [-0.4, -0.2) is 25.5 Å². The molecule has 13 heavy (non-hydrogen) atoms. The van der Waals surface area contributed by atoms with E-state index in [-0.39, 0.29) is 0 Å². The summed E-state index contributed by atoms with van der Waals surface area (Å²) in [7, 11) is 3.03. The first-order valence-corrected chi connectivity index (χ1v) is 3.77. The molecule has 0 aliphatic carbocycles. The van der Waals surface area contributed by atoms with Gasteiger partial charge >= 0.3 is 0 Å². The van der Waals surface area contributed by atoms with E-state index >= 15 is 0 Å². The van der Waals surface area contributed by atoms with Crippen LogP contribution < -0.4 is 9.47 Å². The lowest BCUT2D eigenvalue weighted by molar-refractivity contribution is 0.111. The Hall–Kier alpha value is -1.58. The topological polar surface area (TPSA) is 48.4 Å². The van der Waals surface area contributed by atoms with Gasteiger partial charge in [0.25, 0.3) is 0 Å². The molecule has 4 nitrogen and oxygen atoms in total. The molecule has 0 saturated carbocycles. The molecule has 1 aromatic heterocycles. The van der Waals surface area contributed by atoms with E-state index in [4.69, 9.17) is 9.47 Å². The molecule has 1 aromatic rings. The second-order valence-electron chi connectivity index (χ2n) is 2.48. The molecule has 1 heterocycles. The first-order valence-electron chi connectivity index (χ1n) is 3.77. The van der Waals surface area contributed by atoms with Crippen molar-refractivity contribution < 1.29 is 14.3 Å². The van der Waals surface area contributed by atoms with Crippen molar-refractivity contribution >= 4 is 6.29 Å². The summed E-state index contributed by atoms with van der Waals surface area (Å²) in [5.41, 5.74) is 0.964. The molecule has 0 aliphatic heterocycles. The minimum Gasteiger partial charge on any atom is -0.495 e. The highest BCUT2D eigenvalue weighted by Crippen LogP contribution is 2.24. The third-order valence-corrected chi connectivity index (χ3v) is 1.71. The average Bonchev–Trinajstić information content (AvgIpc) is 2.17. The van der Waals surface area contributed by atoms with Gasteiger partial charge in [-0.05, 0) is 6.92 Å². The number of nitrogens with zero attached hydrogens (tertiary/aromatic N) is 1. The van der Waals surface area contributed by atoms with Crippen molar-refractivity contribution in [1.82, 2.24) is 4.98 Å². The molecule has 0 fully saturated rings. The van der Waals surface area contributed by atoms with Gasteiger partial charge in [-0.25, -0.2) is 4.98 Å². The largest absolute Gasteiger partial charge is 0.495 e. The normalized spacial score (nSPS) is 9.46. The van der Waals surface area contributed by atoms with Gasteiger partial charge in [0.15, 0.2) is 12.0 Å². The van der Waals surface area contributed by atoms with Crippen molar-refractivity contribution in [1.29, 1.82) is 0 Å². The molecular formula is C9H11NO3. The number of ether oxygens (including phenoxy) is 2. The van der Waals surface area contributed by atoms with E-state index in [0.29, 0.717) is 29.2 Å². The lowest BCUT2D eigenvalue weighted by Crippen LogP contribution is -1.98. The zero-order valence-corrected chi connectivity index (χ0v) is 7.83. The first kappa shape index (κ1) is 9.51. The maximum absolute atomic E-state index is 10.6. The molecule has 0 spiro atoms. The minimum atomic E-state index is 0.292. The summed E-state index contributed by atoms with van der Waals surface area (Å²) in [6, 6.07) is 1.64. The van der Waals surface area contributed by atoms with Gasteiger partial charge in [0.05, 0.1) is 19.9 Å². The van der Waals surface area contributed by atoms with Gasteiger partial charge in [0.2, 0.25) is 0 Å². The van der Waals surface area contributed by atoms with Crippen LogP contribution in [0.3, 0.4) is 0 Å². The fourth-order valence-corrected chi connectivity index (χ4v) is 1.04. The number of carbonyl (C=O) groups excluding carboxylic acids is 1. The third-order valence-electron chi connectivity index (χ3n) is 1.71. The molecule has 0 atom stereocenters. The van der Waals surface area contributed by atoms with Gasteiger partial charge in [-0.3, -0.25) is 4.79 Å². The Morgan fingerprint density at radius 1 is 1.31 bits per heavy atom. The van der Waals surface area contributed by atoms with Gasteiger partial charge in [0, 0.05) is 6.07 Å². The average molecular weight is 181 g/mol. The fourth-order valence-electron chi connectivity index (χ4n) is 1.04. The van der Waals surface area contributed by atoms with E-state index in [9.17, 15) is 4.79 Å². The number of methoxy groups -OCH3 is 2. The maximum atomic E-state index is 10.6. The van der Waals surface area contributed by atoms with E-state index in [1.54, 1.807) is 20.1 Å². The molecule has 1 rings (SSSR count). The quantitative estimate of drug-likeness (QED) is 0.658. The molecule has 0 saturated heterocycles. The summed E-state index contributed by atoms with van der Waals surface area (Å²) in [4.78, 5) is 14.6. The number of aryl methyl sites for hydroxylation is 1. The highest BCUT2D eigenvalue weighted by molar-refractivity contribution is 5.76. The summed E-state index contributed by atoms with van der Waals surface area (Å²) < 4.78 is 9.99. The number of hydrogen-bond donors (Lipinski definition) is 0. The molecule has 0 aromatic carbocycles. The van der Waals surface area contributed by atoms with E-state index < -0.39 is 0 Å². The Morgan fingerprint density at radius 2 is 1.92 bits per heavy atom. The van der Waals surface area contributed by atoms with E-state index in [1.165, 1.54) is 7.11 Å². The first-order chi connectivity index (χ1) is 6.22. The summed E-state index contributed by atoms with van der Waals surface area (Å²) in [5, 5.41) is 0. The number of aromatic nitrogens is 1. The molecule has 0 N–H and O–H groups in total. The molecule has 0 amide bonds. The number of rotatable bonds is 3. The molecule has 70 valence electrons. The fraction of sp³-hybridized carbons (Fsp3) is 0.333. The Labute approximate surface area is 76.5 Å². The Kier molecular flexibility index (Phi) is 2.84. The lowest BCUT2D eigenvalue weighted by Gasteiger charge is -2.07. The predicted molar refractivity (Wildman–Crippen MR) is 47.5 cm³/mol. The minimum absolute atomic E-state index is 0.292. The van der Waals surface area contributed by atoms with Crippen molar-refractivity contribution in [2.24, 2.45) is 0 Å². The van der Waals surface area contributed by atoms with Gasteiger partial charge in [-0.1, -0.05) is 0 Å². The highest BCUT2D eigenvalue weighted by Gasteiger charge is 2.08. The Balaban J connectivity index is 3.26. The molecule has 0 radical (unpaired) electrons. The molecule has 0 bridgehead atoms. The number of carbonyl (C=O) groups is 1. The second-order valence-corrected chi connectivity index (χ2v) is 2.48. The van der Waals surface area contributed by atoms with Crippen LogP contribution in [0.5, 0.6) is 11.5 Å². The van der Waals surface area contributed by atoms with Crippen LogP contribution in [0.25, 0.3) is 0 Å². The standard InChI is InChI=1S/C9H11NO3/c1-6-8(12-2)4-9(13-3)7(5-11)10-6/h4-5H,1-3H3. The van der Waals surface area contributed by atoms with Crippen LogP contribution in [0, 0.1) is 6.92 Å². The summed E-state index contributed by atoms with van der Waals surface area (Å²) in [6.45, 7) is 1.77. The molecule has 0 aliphatic rings. The monoisotopic (exact) mass is 181 g/mol. The van der Waals surface area contributed by atoms with Crippen molar-refractivity contribution in [3.8, 4) is 11.5 Å². The van der Waals surface area contributed by atoms with Crippen LogP contribution >= 0.6 is 0 Å². The Bertz CT molecular complexity index is 323. The zero-order valence-electron chi connectivity index (χ0n) is 7.83. The van der Waals surface area contributed by atoms with Crippen LogP contribution in [-0.2, 0) is 0 Å². The summed E-state index contributed by atoms with van der Waals surface area (Å²) in [5.74, 6) is 1.04. The van der Waals surface area contributed by atoms with Crippen molar-refractivity contribution in [2.45, 2.75) is 6.92 Å². The second kappa shape index (κ2) is 3.89. The van der Waals surface area contributed by atoms with Crippen molar-refractivity contribution in [3.05, 3.63) is 17.5 Å². The maximum Gasteiger partial charge on any atom is 0.172 e.